The number of sulfonamides is 1. The van der Waals surface area contributed by atoms with Gasteiger partial charge in [-0.3, -0.25) is 13.9 Å². The Kier molecular flexibility index (Phi) is 11.6. The maximum atomic E-state index is 14.3. The van der Waals surface area contributed by atoms with E-state index in [1.54, 1.807) is 41.3 Å². The van der Waals surface area contributed by atoms with E-state index >= 15 is 0 Å². The van der Waals surface area contributed by atoms with Crippen LogP contribution < -0.4 is 9.62 Å². The van der Waals surface area contributed by atoms with Gasteiger partial charge in [-0.2, -0.15) is 0 Å². The summed E-state index contributed by atoms with van der Waals surface area (Å²) in [4.78, 5) is 29.7. The highest BCUT2D eigenvalue weighted by Crippen LogP contribution is 2.27. The van der Waals surface area contributed by atoms with Gasteiger partial charge in [0.1, 0.15) is 12.6 Å². The lowest BCUT2D eigenvalue weighted by molar-refractivity contribution is -0.140. The molecule has 0 saturated heterocycles. The maximum Gasteiger partial charge on any atom is 0.264 e. The van der Waals surface area contributed by atoms with E-state index < -0.39 is 28.5 Å². The first kappa shape index (κ1) is 33.2. The smallest absolute Gasteiger partial charge is 0.264 e. The van der Waals surface area contributed by atoms with Crippen LogP contribution in [0.3, 0.4) is 0 Å². The van der Waals surface area contributed by atoms with Gasteiger partial charge in [0.25, 0.3) is 10.0 Å². The molecule has 236 valence electrons. The van der Waals surface area contributed by atoms with Gasteiger partial charge >= 0.3 is 0 Å². The lowest BCUT2D eigenvalue weighted by Gasteiger charge is -2.34. The van der Waals surface area contributed by atoms with Crippen molar-refractivity contribution >= 4 is 27.5 Å². The Hall–Kier alpha value is -3.65. The topological polar surface area (TPSA) is 86.8 Å². The van der Waals surface area contributed by atoms with Crippen molar-refractivity contribution in [2.75, 3.05) is 17.4 Å². The molecule has 7 nitrogen and oxygen atoms in total. The Balaban J connectivity index is 1.68. The van der Waals surface area contributed by atoms with Crippen LogP contribution in [-0.4, -0.2) is 50.3 Å². The van der Waals surface area contributed by atoms with E-state index in [4.69, 9.17) is 0 Å². The molecule has 4 rings (SSSR count). The Morgan fingerprint density at radius 3 is 2.11 bits per heavy atom. The zero-order valence-corrected chi connectivity index (χ0v) is 27.4. The van der Waals surface area contributed by atoms with Gasteiger partial charge in [0.15, 0.2) is 0 Å². The van der Waals surface area contributed by atoms with Crippen LogP contribution in [0.5, 0.6) is 0 Å². The van der Waals surface area contributed by atoms with E-state index in [0.717, 1.165) is 42.4 Å². The van der Waals surface area contributed by atoms with Crippen LogP contribution in [0.25, 0.3) is 0 Å². The van der Waals surface area contributed by atoms with Crippen LogP contribution in [0, 0.1) is 6.92 Å². The van der Waals surface area contributed by atoms with Crippen molar-refractivity contribution in [2.24, 2.45) is 0 Å². The van der Waals surface area contributed by atoms with Crippen molar-refractivity contribution in [1.29, 1.82) is 0 Å². The number of carbonyl (C=O) groups is 2. The maximum absolute atomic E-state index is 14.3. The minimum Gasteiger partial charge on any atom is -0.352 e. The third kappa shape index (κ3) is 8.50. The summed E-state index contributed by atoms with van der Waals surface area (Å²) in [6.07, 6.45) is 6.19. The van der Waals surface area contributed by atoms with Crippen LogP contribution in [0.1, 0.15) is 81.9 Å². The molecule has 1 saturated carbocycles. The summed E-state index contributed by atoms with van der Waals surface area (Å²) in [5.74, 6) is -0.306. The predicted octanol–water partition coefficient (Wildman–Crippen LogP) is 6.61. The molecule has 0 spiro atoms. The second-order valence-electron chi connectivity index (χ2n) is 12.2. The number of hydrogen-bond acceptors (Lipinski definition) is 4. The summed E-state index contributed by atoms with van der Waals surface area (Å²) in [6, 6.07) is 23.2. The fraction of sp³-hybridized carbons (Fsp3) is 0.444. The van der Waals surface area contributed by atoms with Crippen molar-refractivity contribution in [3.05, 3.63) is 95.6 Å². The number of amides is 2. The minimum absolute atomic E-state index is 0.106. The van der Waals surface area contributed by atoms with Crippen molar-refractivity contribution in [3.63, 3.8) is 0 Å². The third-order valence-corrected chi connectivity index (χ3v) is 10.3. The summed E-state index contributed by atoms with van der Waals surface area (Å²) in [7, 11) is -4.09. The van der Waals surface area contributed by atoms with Crippen LogP contribution in [0.2, 0.25) is 0 Å². The van der Waals surface area contributed by atoms with Gasteiger partial charge in [-0.15, -0.1) is 0 Å². The van der Waals surface area contributed by atoms with Crippen LogP contribution in [-0.2, 0) is 26.0 Å². The number of rotatable bonds is 13. The molecule has 1 aliphatic rings. The molecule has 0 unspecified atom stereocenters. The fourth-order valence-electron chi connectivity index (χ4n) is 5.83. The van der Waals surface area contributed by atoms with E-state index in [-0.39, 0.29) is 22.8 Å². The SMILES string of the molecule is CC[C@H](C(=O)NC1CCCCC1)N(CCc1ccccc1)C(=O)CN(c1ccc(C(C)C)cc1)S(=O)(=O)c1ccc(C)cc1. The average Bonchev–Trinajstić information content (AvgIpc) is 3.03. The van der Waals surface area contributed by atoms with Crippen LogP contribution in [0.4, 0.5) is 5.69 Å². The van der Waals surface area contributed by atoms with Crippen molar-refractivity contribution in [2.45, 2.75) is 95.5 Å². The summed E-state index contributed by atoms with van der Waals surface area (Å²) in [5, 5.41) is 3.20. The molecule has 8 heteroatoms. The van der Waals surface area contributed by atoms with E-state index in [0.29, 0.717) is 25.1 Å². The normalized spacial score (nSPS) is 14.7. The molecule has 0 aliphatic heterocycles. The fourth-order valence-corrected chi connectivity index (χ4v) is 7.25. The first-order valence-corrected chi connectivity index (χ1v) is 17.4. The van der Waals surface area contributed by atoms with Crippen LogP contribution in [0.15, 0.2) is 83.8 Å². The zero-order chi connectivity index (χ0) is 31.7. The molecule has 1 N–H and O–H groups in total. The molecule has 2 amide bonds. The van der Waals surface area contributed by atoms with Crippen molar-refractivity contribution in [3.8, 4) is 0 Å². The third-order valence-electron chi connectivity index (χ3n) is 8.56. The Bertz CT molecular complexity index is 1470. The Morgan fingerprint density at radius 1 is 0.886 bits per heavy atom. The summed E-state index contributed by atoms with van der Waals surface area (Å²) in [6.45, 7) is 7.83. The number of anilines is 1. The predicted molar refractivity (Wildman–Crippen MR) is 177 cm³/mol. The molecule has 3 aromatic carbocycles. The number of aryl methyl sites for hydroxylation is 1. The summed E-state index contributed by atoms with van der Waals surface area (Å²) >= 11 is 0. The molecule has 0 aromatic heterocycles. The molecule has 0 heterocycles. The quantitative estimate of drug-likeness (QED) is 0.234. The number of nitrogens with zero attached hydrogens (tertiary/aromatic N) is 2. The highest BCUT2D eigenvalue weighted by molar-refractivity contribution is 7.92. The van der Waals surface area contributed by atoms with E-state index in [1.807, 2.05) is 56.3 Å². The van der Waals surface area contributed by atoms with Crippen molar-refractivity contribution < 1.29 is 18.0 Å². The molecular formula is C36H47N3O4S. The van der Waals surface area contributed by atoms with E-state index in [9.17, 15) is 18.0 Å². The number of benzene rings is 3. The highest BCUT2D eigenvalue weighted by Gasteiger charge is 2.34. The largest absolute Gasteiger partial charge is 0.352 e. The Labute approximate surface area is 263 Å². The molecule has 1 atom stereocenters. The second kappa shape index (κ2) is 15.4. The number of carbonyl (C=O) groups excluding carboxylic acids is 2. The van der Waals surface area contributed by atoms with Gasteiger partial charge in [-0.25, -0.2) is 8.42 Å². The summed E-state index contributed by atoms with van der Waals surface area (Å²) < 4.78 is 29.4. The van der Waals surface area contributed by atoms with Gasteiger partial charge < -0.3 is 10.2 Å². The molecule has 0 bridgehead atoms. The van der Waals surface area contributed by atoms with Crippen LogP contribution >= 0.6 is 0 Å². The van der Waals surface area contributed by atoms with E-state index in [2.05, 4.69) is 19.2 Å². The lowest BCUT2D eigenvalue weighted by Crippen LogP contribution is -2.54. The van der Waals surface area contributed by atoms with Crippen molar-refractivity contribution in [1.82, 2.24) is 10.2 Å². The monoisotopic (exact) mass is 617 g/mol. The first-order valence-electron chi connectivity index (χ1n) is 15.9. The lowest BCUT2D eigenvalue weighted by atomic mass is 9.95. The number of hydrogen-bond donors (Lipinski definition) is 1. The van der Waals surface area contributed by atoms with Gasteiger partial charge in [-0.1, -0.05) is 100 Å². The molecular weight excluding hydrogens is 570 g/mol. The molecule has 0 radical (unpaired) electrons. The van der Waals surface area contributed by atoms with Gasteiger partial charge in [0, 0.05) is 12.6 Å². The molecule has 44 heavy (non-hydrogen) atoms. The Morgan fingerprint density at radius 2 is 1.52 bits per heavy atom. The highest BCUT2D eigenvalue weighted by atomic mass is 32.2. The number of nitrogens with one attached hydrogen (secondary N) is 1. The van der Waals surface area contributed by atoms with E-state index in [1.165, 1.54) is 10.7 Å². The molecule has 1 fully saturated rings. The van der Waals surface area contributed by atoms with Gasteiger partial charge in [0.05, 0.1) is 10.6 Å². The molecule has 1 aliphatic carbocycles. The second-order valence-corrected chi connectivity index (χ2v) is 14.0. The molecule has 3 aromatic rings. The first-order chi connectivity index (χ1) is 21.1. The standard InChI is InChI=1S/C36H47N3O4S/c1-5-34(36(41)37-31-14-10-7-11-15-31)38(25-24-29-12-8-6-9-13-29)35(40)26-39(32-20-18-30(19-21-32)27(2)3)44(42,43)33-22-16-28(4)17-23-33/h6,8-9,12-13,16-23,27,31,34H,5,7,10-11,14-15,24-26H2,1-4H3,(H,37,41)/t34-/m1/s1. The minimum atomic E-state index is -4.09. The van der Waals surface area contributed by atoms with Gasteiger partial charge in [0.2, 0.25) is 11.8 Å². The zero-order valence-electron chi connectivity index (χ0n) is 26.5. The average molecular weight is 618 g/mol. The summed E-state index contributed by atoms with van der Waals surface area (Å²) in [5.41, 5.74) is 3.46. The van der Waals surface area contributed by atoms with Gasteiger partial charge in [-0.05, 0) is 73.9 Å².